The molecule has 0 aliphatic rings. The Morgan fingerprint density at radius 3 is 1.28 bits per heavy atom. The summed E-state index contributed by atoms with van der Waals surface area (Å²) >= 11 is 0. The van der Waals surface area contributed by atoms with Crippen LogP contribution in [-0.4, -0.2) is 22.2 Å². The van der Waals surface area contributed by atoms with Gasteiger partial charge >= 0.3 is 11.9 Å². The Labute approximate surface area is 223 Å². The third-order valence-corrected chi connectivity index (χ3v) is 6.93. The van der Waals surface area contributed by atoms with Gasteiger partial charge in [0.25, 0.3) is 0 Å². The van der Waals surface area contributed by atoms with E-state index in [1.54, 1.807) is 5.57 Å². The van der Waals surface area contributed by atoms with Gasteiger partial charge in [-0.15, -0.1) is 0 Å². The first-order valence-electron chi connectivity index (χ1n) is 15.3. The zero-order chi connectivity index (χ0) is 26.5. The number of allylic oxidation sites excluding steroid dienone is 4. The van der Waals surface area contributed by atoms with Gasteiger partial charge in [0.1, 0.15) is 0 Å². The highest BCUT2D eigenvalue weighted by molar-refractivity contribution is 5.66. The fraction of sp³-hybridized carbons (Fsp3) is 0.812. The predicted octanol–water partition coefficient (Wildman–Crippen LogP) is 10.4. The normalized spacial score (nSPS) is 12.0. The molecule has 0 rings (SSSR count). The van der Waals surface area contributed by atoms with Crippen molar-refractivity contribution in [2.45, 2.75) is 167 Å². The average Bonchev–Trinajstić information content (AvgIpc) is 2.84. The van der Waals surface area contributed by atoms with E-state index in [0.717, 1.165) is 44.9 Å². The maximum Gasteiger partial charge on any atom is 0.303 e. The summed E-state index contributed by atoms with van der Waals surface area (Å²) in [4.78, 5) is 21.1. The SMILES string of the molecule is CCCCCCC=C(CCCCCCC=CCCCCCCCC(=O)O)CCCCCCCC(=O)O. The van der Waals surface area contributed by atoms with Crippen LogP contribution in [0.5, 0.6) is 0 Å². The molecule has 0 radical (unpaired) electrons. The Hall–Kier alpha value is -1.58. The highest BCUT2D eigenvalue weighted by Gasteiger charge is 2.01. The first-order valence-corrected chi connectivity index (χ1v) is 15.3. The van der Waals surface area contributed by atoms with Gasteiger partial charge in [0.2, 0.25) is 0 Å². The van der Waals surface area contributed by atoms with E-state index in [9.17, 15) is 9.59 Å². The second-order valence-corrected chi connectivity index (χ2v) is 10.5. The fourth-order valence-corrected chi connectivity index (χ4v) is 4.64. The zero-order valence-electron chi connectivity index (χ0n) is 23.6. The summed E-state index contributed by atoms with van der Waals surface area (Å²) in [7, 11) is 0. The Morgan fingerprint density at radius 2 is 0.833 bits per heavy atom. The Morgan fingerprint density at radius 1 is 0.472 bits per heavy atom. The van der Waals surface area contributed by atoms with Crippen LogP contribution in [0.4, 0.5) is 0 Å². The Bertz CT molecular complexity index is 565. The summed E-state index contributed by atoms with van der Waals surface area (Å²) in [6.07, 6.45) is 35.5. The molecule has 210 valence electrons. The summed E-state index contributed by atoms with van der Waals surface area (Å²) in [5.74, 6) is -1.34. The number of carboxylic acids is 2. The van der Waals surface area contributed by atoms with E-state index in [0.29, 0.717) is 12.8 Å². The number of carboxylic acid groups (broad SMARTS) is 2. The summed E-state index contributed by atoms with van der Waals surface area (Å²) in [5, 5.41) is 17.4. The molecule has 0 aromatic heterocycles. The molecule has 0 amide bonds. The van der Waals surface area contributed by atoms with Gasteiger partial charge in [0.15, 0.2) is 0 Å². The predicted molar refractivity (Wildman–Crippen MR) is 154 cm³/mol. The molecule has 0 unspecified atom stereocenters. The first kappa shape index (κ1) is 34.4. The standard InChI is InChI=1S/C32H58O4/c1-2-3-4-15-20-25-30(27-22-17-14-19-24-29-32(35)36)26-21-16-12-10-8-6-5-7-9-11-13-18-23-28-31(33)34/h5-6,25H,2-4,7-24,26-29H2,1H3,(H,33,34)(H,35,36). The molecule has 0 heterocycles. The molecule has 0 saturated carbocycles. The summed E-state index contributed by atoms with van der Waals surface area (Å²) in [5.41, 5.74) is 1.67. The first-order chi connectivity index (χ1) is 17.6. The quantitative estimate of drug-likeness (QED) is 0.0817. The van der Waals surface area contributed by atoms with Crippen molar-refractivity contribution in [2.75, 3.05) is 0 Å². The molecule has 0 saturated heterocycles. The fourth-order valence-electron chi connectivity index (χ4n) is 4.64. The van der Waals surface area contributed by atoms with Crippen molar-refractivity contribution in [1.82, 2.24) is 0 Å². The molecule has 0 aromatic carbocycles. The lowest BCUT2D eigenvalue weighted by molar-refractivity contribution is -0.138. The molecule has 0 aromatic rings. The topological polar surface area (TPSA) is 74.6 Å². The number of hydrogen-bond acceptors (Lipinski definition) is 2. The third kappa shape index (κ3) is 28.7. The number of aliphatic carboxylic acids is 2. The molecule has 0 fully saturated rings. The van der Waals surface area contributed by atoms with Gasteiger partial charge in [0, 0.05) is 12.8 Å². The van der Waals surface area contributed by atoms with E-state index >= 15 is 0 Å². The molecular formula is C32H58O4. The van der Waals surface area contributed by atoms with E-state index < -0.39 is 11.9 Å². The maximum absolute atomic E-state index is 10.6. The van der Waals surface area contributed by atoms with Gasteiger partial charge in [-0.1, -0.05) is 101 Å². The molecular weight excluding hydrogens is 448 g/mol. The maximum atomic E-state index is 10.6. The second kappa shape index (κ2) is 28.0. The zero-order valence-corrected chi connectivity index (χ0v) is 23.6. The van der Waals surface area contributed by atoms with Gasteiger partial charge in [-0.25, -0.2) is 0 Å². The number of unbranched alkanes of at least 4 members (excludes halogenated alkanes) is 17. The minimum atomic E-state index is -0.675. The van der Waals surface area contributed by atoms with Crippen LogP contribution in [0.15, 0.2) is 23.8 Å². The third-order valence-electron chi connectivity index (χ3n) is 6.93. The summed E-state index contributed by atoms with van der Waals surface area (Å²) in [6.45, 7) is 2.27. The van der Waals surface area contributed by atoms with Crippen LogP contribution in [0.1, 0.15) is 167 Å². The molecule has 0 bridgehead atoms. The lowest BCUT2D eigenvalue weighted by Crippen LogP contribution is -1.93. The molecule has 2 N–H and O–H groups in total. The average molecular weight is 507 g/mol. The van der Waals surface area contributed by atoms with Gasteiger partial charge in [0.05, 0.1) is 0 Å². The number of rotatable bonds is 28. The summed E-state index contributed by atoms with van der Waals surface area (Å²) < 4.78 is 0. The van der Waals surface area contributed by atoms with E-state index in [2.05, 4.69) is 25.2 Å². The molecule has 4 heteroatoms. The van der Waals surface area contributed by atoms with Crippen LogP contribution in [-0.2, 0) is 9.59 Å². The van der Waals surface area contributed by atoms with E-state index in [1.807, 2.05) is 0 Å². The second-order valence-electron chi connectivity index (χ2n) is 10.5. The highest BCUT2D eigenvalue weighted by Crippen LogP contribution is 2.20. The van der Waals surface area contributed by atoms with E-state index in [1.165, 1.54) is 103 Å². The number of hydrogen-bond donors (Lipinski definition) is 2. The van der Waals surface area contributed by atoms with Crippen LogP contribution in [0.3, 0.4) is 0 Å². The van der Waals surface area contributed by atoms with Crippen molar-refractivity contribution >= 4 is 11.9 Å². The van der Waals surface area contributed by atoms with Crippen molar-refractivity contribution in [3.8, 4) is 0 Å². The van der Waals surface area contributed by atoms with Crippen LogP contribution in [0.25, 0.3) is 0 Å². The van der Waals surface area contributed by atoms with Gasteiger partial charge in [-0.2, -0.15) is 0 Å². The van der Waals surface area contributed by atoms with Crippen LogP contribution in [0.2, 0.25) is 0 Å². The lowest BCUT2D eigenvalue weighted by Gasteiger charge is -2.09. The lowest BCUT2D eigenvalue weighted by atomic mass is 9.98. The highest BCUT2D eigenvalue weighted by atomic mass is 16.4. The molecule has 0 spiro atoms. The van der Waals surface area contributed by atoms with E-state index in [-0.39, 0.29) is 0 Å². The molecule has 0 atom stereocenters. The molecule has 4 nitrogen and oxygen atoms in total. The van der Waals surface area contributed by atoms with Crippen molar-refractivity contribution in [2.24, 2.45) is 0 Å². The molecule has 36 heavy (non-hydrogen) atoms. The van der Waals surface area contributed by atoms with Gasteiger partial charge in [-0.05, 0) is 77.0 Å². The van der Waals surface area contributed by atoms with Crippen molar-refractivity contribution in [3.63, 3.8) is 0 Å². The number of carbonyl (C=O) groups is 2. The van der Waals surface area contributed by atoms with Gasteiger partial charge in [-0.3, -0.25) is 9.59 Å². The van der Waals surface area contributed by atoms with Crippen molar-refractivity contribution in [1.29, 1.82) is 0 Å². The van der Waals surface area contributed by atoms with Crippen LogP contribution >= 0.6 is 0 Å². The Kier molecular flexibility index (Phi) is 26.8. The largest absolute Gasteiger partial charge is 0.481 e. The minimum absolute atomic E-state index is 0.314. The van der Waals surface area contributed by atoms with Crippen LogP contribution in [0, 0.1) is 0 Å². The Balaban J connectivity index is 3.83. The molecule has 0 aliphatic heterocycles. The van der Waals surface area contributed by atoms with Crippen LogP contribution < -0.4 is 0 Å². The van der Waals surface area contributed by atoms with Gasteiger partial charge < -0.3 is 10.2 Å². The molecule has 0 aliphatic carbocycles. The smallest absolute Gasteiger partial charge is 0.303 e. The van der Waals surface area contributed by atoms with Crippen molar-refractivity contribution in [3.05, 3.63) is 23.8 Å². The minimum Gasteiger partial charge on any atom is -0.481 e. The van der Waals surface area contributed by atoms with Crippen molar-refractivity contribution < 1.29 is 19.8 Å². The monoisotopic (exact) mass is 506 g/mol. The van der Waals surface area contributed by atoms with E-state index in [4.69, 9.17) is 10.2 Å². The summed E-state index contributed by atoms with van der Waals surface area (Å²) in [6, 6.07) is 0.